The molecule has 2 rings (SSSR count). The number of aromatic nitrogens is 1. The van der Waals surface area contributed by atoms with E-state index in [0.717, 1.165) is 12.4 Å². The molecule has 2 heterocycles. The van der Waals surface area contributed by atoms with E-state index in [1.165, 1.54) is 32.4 Å². The Morgan fingerprint density at radius 1 is 1.32 bits per heavy atom. The number of nitrogens with one attached hydrogen (secondary N) is 1. The van der Waals surface area contributed by atoms with Gasteiger partial charge < -0.3 is 10.1 Å². The van der Waals surface area contributed by atoms with Crippen molar-refractivity contribution in [2.24, 2.45) is 0 Å². The summed E-state index contributed by atoms with van der Waals surface area (Å²) in [4.78, 5) is 6.99. The molecule has 1 fully saturated rings. The summed E-state index contributed by atoms with van der Waals surface area (Å²) < 4.78 is 5.41. The van der Waals surface area contributed by atoms with Crippen LogP contribution >= 0.6 is 0 Å². The van der Waals surface area contributed by atoms with E-state index >= 15 is 0 Å². The number of ether oxygens (including phenoxy) is 1. The molecule has 4 heteroatoms. The minimum Gasteiger partial charge on any atom is -0.478 e. The number of rotatable bonds is 6. The monoisotopic (exact) mass is 263 g/mol. The lowest BCUT2D eigenvalue weighted by Crippen LogP contribution is -2.41. The van der Waals surface area contributed by atoms with Gasteiger partial charge in [-0.1, -0.05) is 12.5 Å². The van der Waals surface area contributed by atoms with Crippen LogP contribution in [0.1, 0.15) is 33.1 Å². The van der Waals surface area contributed by atoms with Gasteiger partial charge in [-0.05, 0) is 45.8 Å². The highest BCUT2D eigenvalue weighted by Crippen LogP contribution is 2.14. The van der Waals surface area contributed by atoms with Gasteiger partial charge in [0.05, 0.1) is 6.61 Å². The molecule has 1 N–H and O–H groups in total. The highest BCUT2D eigenvalue weighted by molar-refractivity contribution is 5.37. The second-order valence-corrected chi connectivity index (χ2v) is 5.12. The molecule has 4 nitrogen and oxygen atoms in total. The summed E-state index contributed by atoms with van der Waals surface area (Å²) >= 11 is 0. The summed E-state index contributed by atoms with van der Waals surface area (Å²) in [6.07, 6.45) is 4.05. The van der Waals surface area contributed by atoms with Gasteiger partial charge in [0.15, 0.2) is 0 Å². The maximum atomic E-state index is 5.41. The van der Waals surface area contributed by atoms with E-state index in [1.807, 2.05) is 25.1 Å². The van der Waals surface area contributed by atoms with E-state index in [-0.39, 0.29) is 0 Å². The Morgan fingerprint density at radius 2 is 2.11 bits per heavy atom. The van der Waals surface area contributed by atoms with Gasteiger partial charge in [0, 0.05) is 18.7 Å². The molecular weight excluding hydrogens is 238 g/mol. The van der Waals surface area contributed by atoms with Crippen molar-refractivity contribution >= 4 is 5.82 Å². The van der Waals surface area contributed by atoms with Gasteiger partial charge in [0.25, 0.3) is 0 Å². The van der Waals surface area contributed by atoms with Crippen molar-refractivity contribution in [2.45, 2.75) is 39.2 Å². The van der Waals surface area contributed by atoms with Crippen molar-refractivity contribution in [1.29, 1.82) is 0 Å². The van der Waals surface area contributed by atoms with Crippen LogP contribution < -0.4 is 10.1 Å². The quantitative estimate of drug-likeness (QED) is 0.856. The Balaban J connectivity index is 1.82. The lowest BCUT2D eigenvalue weighted by molar-refractivity contribution is 0.180. The number of piperidine rings is 1. The molecule has 1 unspecified atom stereocenters. The molecule has 1 aromatic rings. The number of hydrogen-bond donors (Lipinski definition) is 1. The first-order chi connectivity index (χ1) is 9.29. The van der Waals surface area contributed by atoms with Gasteiger partial charge >= 0.3 is 0 Å². The molecule has 0 spiro atoms. The number of pyridine rings is 1. The summed E-state index contributed by atoms with van der Waals surface area (Å²) in [6.45, 7) is 8.30. The second kappa shape index (κ2) is 7.34. The van der Waals surface area contributed by atoms with Crippen molar-refractivity contribution in [3.63, 3.8) is 0 Å². The maximum Gasteiger partial charge on any atom is 0.215 e. The van der Waals surface area contributed by atoms with Crippen molar-refractivity contribution < 1.29 is 4.74 Å². The topological polar surface area (TPSA) is 37.4 Å². The zero-order chi connectivity index (χ0) is 13.5. The summed E-state index contributed by atoms with van der Waals surface area (Å²) in [5.74, 6) is 1.59. The predicted molar refractivity (Wildman–Crippen MR) is 78.8 cm³/mol. The van der Waals surface area contributed by atoms with Gasteiger partial charge in [-0.3, -0.25) is 4.90 Å². The number of anilines is 1. The zero-order valence-corrected chi connectivity index (χ0v) is 12.1. The third kappa shape index (κ3) is 4.39. The molecule has 1 saturated heterocycles. The molecule has 0 radical (unpaired) electrons. The van der Waals surface area contributed by atoms with Crippen LogP contribution in [-0.2, 0) is 0 Å². The molecule has 0 aliphatic carbocycles. The van der Waals surface area contributed by atoms with E-state index < -0.39 is 0 Å². The van der Waals surface area contributed by atoms with Gasteiger partial charge in [0.1, 0.15) is 5.82 Å². The maximum absolute atomic E-state index is 5.41. The summed E-state index contributed by atoms with van der Waals surface area (Å²) in [5.41, 5.74) is 0. The average Bonchev–Trinajstić information content (AvgIpc) is 2.46. The molecular formula is C15H25N3O. The highest BCUT2D eigenvalue weighted by atomic mass is 16.5. The van der Waals surface area contributed by atoms with Crippen LogP contribution in [0.2, 0.25) is 0 Å². The Hall–Kier alpha value is -1.29. The Bertz CT molecular complexity index is 377. The van der Waals surface area contributed by atoms with E-state index in [0.29, 0.717) is 18.5 Å². The normalized spacial score (nSPS) is 18.0. The van der Waals surface area contributed by atoms with Crippen LogP contribution in [0.15, 0.2) is 18.2 Å². The molecule has 1 aliphatic heterocycles. The minimum absolute atomic E-state index is 0.554. The molecule has 1 aliphatic rings. The van der Waals surface area contributed by atoms with E-state index in [2.05, 4.69) is 22.1 Å². The third-order valence-electron chi connectivity index (χ3n) is 3.61. The number of likely N-dealkylation sites (tertiary alicyclic amines) is 1. The molecule has 106 valence electrons. The highest BCUT2D eigenvalue weighted by Gasteiger charge is 2.16. The van der Waals surface area contributed by atoms with Crippen LogP contribution in [0.4, 0.5) is 5.82 Å². The summed E-state index contributed by atoms with van der Waals surface area (Å²) in [5, 5.41) is 3.41. The van der Waals surface area contributed by atoms with Crippen molar-refractivity contribution in [3.05, 3.63) is 18.2 Å². The van der Waals surface area contributed by atoms with Crippen molar-refractivity contribution in [1.82, 2.24) is 9.88 Å². The Morgan fingerprint density at radius 3 is 2.84 bits per heavy atom. The average molecular weight is 263 g/mol. The van der Waals surface area contributed by atoms with E-state index in [4.69, 9.17) is 4.74 Å². The Kier molecular flexibility index (Phi) is 5.45. The van der Waals surface area contributed by atoms with Crippen LogP contribution in [0, 0.1) is 0 Å². The van der Waals surface area contributed by atoms with Crippen molar-refractivity contribution in [2.75, 3.05) is 31.6 Å². The molecule has 0 saturated carbocycles. The van der Waals surface area contributed by atoms with Gasteiger partial charge in [-0.15, -0.1) is 0 Å². The molecule has 0 amide bonds. The molecule has 19 heavy (non-hydrogen) atoms. The summed E-state index contributed by atoms with van der Waals surface area (Å²) in [6, 6.07) is 6.41. The molecule has 0 bridgehead atoms. The van der Waals surface area contributed by atoms with Crippen LogP contribution in [0.5, 0.6) is 5.88 Å². The largest absolute Gasteiger partial charge is 0.478 e. The fraction of sp³-hybridized carbons (Fsp3) is 0.667. The predicted octanol–water partition coefficient (Wildman–Crippen LogP) is 2.77. The fourth-order valence-corrected chi connectivity index (χ4v) is 2.48. The third-order valence-corrected chi connectivity index (χ3v) is 3.61. The fourth-order valence-electron chi connectivity index (χ4n) is 2.48. The number of nitrogens with zero attached hydrogens (tertiary/aromatic N) is 2. The first kappa shape index (κ1) is 14.1. The van der Waals surface area contributed by atoms with E-state index in [1.54, 1.807) is 0 Å². The molecule has 0 aromatic carbocycles. The van der Waals surface area contributed by atoms with Crippen molar-refractivity contribution in [3.8, 4) is 5.88 Å². The lowest BCUT2D eigenvalue weighted by atomic mass is 10.1. The minimum atomic E-state index is 0.554. The zero-order valence-electron chi connectivity index (χ0n) is 12.1. The standard InChI is InChI=1S/C15H25N3O/c1-3-19-15-9-7-8-14(17-15)16-12-13(2)18-10-5-4-6-11-18/h7-9,13H,3-6,10-12H2,1-2H3,(H,16,17). The van der Waals surface area contributed by atoms with Crippen LogP contribution in [-0.4, -0.2) is 42.2 Å². The lowest BCUT2D eigenvalue weighted by Gasteiger charge is -2.32. The van der Waals surface area contributed by atoms with E-state index in [9.17, 15) is 0 Å². The van der Waals surface area contributed by atoms with Gasteiger partial charge in [0.2, 0.25) is 5.88 Å². The first-order valence-electron chi connectivity index (χ1n) is 7.37. The smallest absolute Gasteiger partial charge is 0.215 e. The molecule has 1 aromatic heterocycles. The van der Waals surface area contributed by atoms with Crippen LogP contribution in [0.3, 0.4) is 0 Å². The SMILES string of the molecule is CCOc1cccc(NCC(C)N2CCCCC2)n1. The number of hydrogen-bond acceptors (Lipinski definition) is 4. The van der Waals surface area contributed by atoms with Gasteiger partial charge in [-0.25, -0.2) is 0 Å². The summed E-state index contributed by atoms with van der Waals surface area (Å²) in [7, 11) is 0. The van der Waals surface area contributed by atoms with Gasteiger partial charge in [-0.2, -0.15) is 4.98 Å². The first-order valence-corrected chi connectivity index (χ1v) is 7.37. The van der Waals surface area contributed by atoms with Crippen LogP contribution in [0.25, 0.3) is 0 Å². The Labute approximate surface area is 116 Å². The molecule has 1 atom stereocenters. The second-order valence-electron chi connectivity index (χ2n) is 5.12.